The largest absolute Gasteiger partial charge is 0.393 e. The molecular weight excluding hydrogens is 599 g/mol. The van der Waals surface area contributed by atoms with Crippen LogP contribution in [0.15, 0.2) is 12.3 Å². The predicted molar refractivity (Wildman–Crippen MR) is 158 cm³/mol. The normalized spacial score (nSPS) is 30.6. The van der Waals surface area contributed by atoms with Gasteiger partial charge in [0, 0.05) is 24.7 Å². The Morgan fingerprint density at radius 3 is 2.51 bits per heavy atom. The van der Waals surface area contributed by atoms with Crippen molar-refractivity contribution in [3.63, 3.8) is 0 Å². The predicted octanol–water partition coefficient (Wildman–Crippen LogP) is 4.82. The molecule has 2 aromatic rings. The summed E-state index contributed by atoms with van der Waals surface area (Å²) in [6.45, 7) is 8.52. The number of nitriles is 1. The zero-order chi connectivity index (χ0) is 30.5. The molecule has 1 N–H and O–H groups in total. The van der Waals surface area contributed by atoms with Crippen molar-refractivity contribution in [3.8, 4) is 6.07 Å². The van der Waals surface area contributed by atoms with Gasteiger partial charge in [0.05, 0.1) is 32.1 Å². The molecule has 236 valence electrons. The van der Waals surface area contributed by atoms with Crippen molar-refractivity contribution in [2.75, 3.05) is 44.4 Å². The molecule has 3 saturated heterocycles. The highest BCUT2D eigenvalue weighted by Gasteiger charge is 2.56. The molecule has 12 nitrogen and oxygen atoms in total. The fraction of sp³-hybridized carbons (Fsp3) is 0.724. The second-order valence-electron chi connectivity index (χ2n) is 12.0. The van der Waals surface area contributed by atoms with Gasteiger partial charge in [-0.05, 0) is 58.4 Å². The van der Waals surface area contributed by atoms with Gasteiger partial charge in [-0.25, -0.2) is 4.98 Å². The van der Waals surface area contributed by atoms with Crippen LogP contribution in [0.25, 0.3) is 11.0 Å². The van der Waals surface area contributed by atoms with Crippen LogP contribution in [-0.4, -0.2) is 84.1 Å². The molecule has 7 atom stereocenters. The molecule has 43 heavy (non-hydrogen) atoms. The van der Waals surface area contributed by atoms with Crippen molar-refractivity contribution in [1.82, 2.24) is 9.55 Å². The minimum Gasteiger partial charge on any atom is -0.393 e. The molecule has 14 heteroatoms. The van der Waals surface area contributed by atoms with Crippen molar-refractivity contribution in [2.45, 2.75) is 83.1 Å². The maximum atomic E-state index is 13.3. The van der Waals surface area contributed by atoms with E-state index in [0.717, 1.165) is 24.2 Å². The van der Waals surface area contributed by atoms with Crippen LogP contribution in [0.2, 0.25) is 5.15 Å². The molecule has 3 aliphatic heterocycles. The number of pyridine rings is 1. The maximum absolute atomic E-state index is 13.3. The van der Waals surface area contributed by atoms with Gasteiger partial charge in [0.25, 0.3) is 0 Å². The Morgan fingerprint density at radius 1 is 1.21 bits per heavy atom. The van der Waals surface area contributed by atoms with Crippen LogP contribution < -0.4 is 4.90 Å². The minimum absolute atomic E-state index is 0.0553. The molecule has 3 unspecified atom stereocenters. The van der Waals surface area contributed by atoms with E-state index in [0.29, 0.717) is 23.0 Å². The first kappa shape index (κ1) is 31.2. The number of ether oxygens (including phenoxy) is 4. The molecular formula is C29H40ClN4O8P. The monoisotopic (exact) mass is 638 g/mol. The Kier molecular flexibility index (Phi) is 8.85. The highest BCUT2D eigenvalue weighted by molar-refractivity contribution is 7.54. The zero-order valence-corrected chi connectivity index (χ0v) is 26.6. The van der Waals surface area contributed by atoms with Crippen molar-refractivity contribution in [1.29, 1.82) is 5.26 Å². The van der Waals surface area contributed by atoms with Gasteiger partial charge in [-0.2, -0.15) is 5.26 Å². The molecule has 0 aromatic carbocycles. The number of anilines is 1. The van der Waals surface area contributed by atoms with E-state index in [1.807, 2.05) is 30.7 Å². The van der Waals surface area contributed by atoms with Gasteiger partial charge in [0.15, 0.2) is 23.0 Å². The molecule has 0 spiro atoms. The van der Waals surface area contributed by atoms with E-state index in [2.05, 4.69) is 16.0 Å². The van der Waals surface area contributed by atoms with E-state index >= 15 is 0 Å². The lowest BCUT2D eigenvalue weighted by atomic mass is 10.0. The number of hydrogen-bond acceptors (Lipinski definition) is 11. The number of aliphatic hydroxyl groups excluding tert-OH is 1. The van der Waals surface area contributed by atoms with Crippen molar-refractivity contribution in [3.05, 3.63) is 23.0 Å². The standard InChI is InChI=1S/C29H40ClN4O8P/c1-5-38-43(36,39-6-2)22(15-35)37-16-21-24-25(42-29(3,4)41-24)28(40-21)34-11-10-19-23(20(12-31)26(30)32-27(19)34)33-13-17-8-7-9-18(17)14-33/h10-11,17-18,21-22,24-25,28,35H,5-9,13-16H2,1-4H3/t17?,18?,21-,22?,24-,25-,28-/m1/s1. The second kappa shape index (κ2) is 12.2. The second-order valence-corrected chi connectivity index (χ2v) is 14.6. The van der Waals surface area contributed by atoms with Crippen molar-refractivity contribution < 1.29 is 37.7 Å². The quantitative estimate of drug-likeness (QED) is 0.268. The summed E-state index contributed by atoms with van der Waals surface area (Å²) in [5.74, 6) is -0.822. The molecule has 1 aliphatic carbocycles. The van der Waals surface area contributed by atoms with Gasteiger partial charge in [-0.15, -0.1) is 0 Å². The Morgan fingerprint density at radius 2 is 1.88 bits per heavy atom. The summed E-state index contributed by atoms with van der Waals surface area (Å²) in [6.07, 6.45) is 3.22. The summed E-state index contributed by atoms with van der Waals surface area (Å²) in [4.78, 5) is 6.96. The van der Waals surface area contributed by atoms with Gasteiger partial charge in [0.1, 0.15) is 35.6 Å². The van der Waals surface area contributed by atoms with Crippen LogP contribution in [0.3, 0.4) is 0 Å². The fourth-order valence-electron chi connectivity index (χ4n) is 7.20. The summed E-state index contributed by atoms with van der Waals surface area (Å²) < 4.78 is 51.0. The smallest absolute Gasteiger partial charge is 0.361 e. The molecule has 0 amide bonds. The number of aliphatic hydroxyl groups is 1. The number of fused-ring (bicyclic) bond motifs is 3. The lowest BCUT2D eigenvalue weighted by Gasteiger charge is -2.28. The van der Waals surface area contributed by atoms with Crippen LogP contribution in [0.4, 0.5) is 5.69 Å². The van der Waals surface area contributed by atoms with Crippen LogP contribution in [0.1, 0.15) is 58.7 Å². The first-order valence-corrected chi connectivity index (χ1v) is 17.1. The molecule has 6 rings (SSSR count). The van der Waals surface area contributed by atoms with Crippen LogP contribution in [-0.2, 0) is 32.6 Å². The highest BCUT2D eigenvalue weighted by Crippen LogP contribution is 2.54. The van der Waals surface area contributed by atoms with E-state index in [1.165, 1.54) is 19.3 Å². The summed E-state index contributed by atoms with van der Waals surface area (Å²) >= 11 is 6.66. The Balaban J connectivity index is 1.30. The summed E-state index contributed by atoms with van der Waals surface area (Å²) in [5.41, 5.74) is 1.78. The molecule has 4 fully saturated rings. The molecule has 4 aliphatic rings. The first-order chi connectivity index (χ1) is 20.6. The van der Waals surface area contributed by atoms with Crippen LogP contribution >= 0.6 is 19.2 Å². The molecule has 5 heterocycles. The highest BCUT2D eigenvalue weighted by atomic mass is 35.5. The van der Waals surface area contributed by atoms with Gasteiger partial charge in [0.2, 0.25) is 0 Å². The van der Waals surface area contributed by atoms with E-state index in [4.69, 9.17) is 39.6 Å². The number of nitrogens with zero attached hydrogens (tertiary/aromatic N) is 4. The third kappa shape index (κ3) is 5.62. The van der Waals surface area contributed by atoms with Crippen LogP contribution in [0.5, 0.6) is 0 Å². The van der Waals surface area contributed by atoms with Gasteiger partial charge in [-0.1, -0.05) is 18.0 Å². The van der Waals surface area contributed by atoms with E-state index in [1.54, 1.807) is 13.8 Å². The van der Waals surface area contributed by atoms with Crippen molar-refractivity contribution in [2.24, 2.45) is 11.8 Å². The molecule has 2 aromatic heterocycles. The number of rotatable bonds is 11. The number of hydrogen-bond donors (Lipinski definition) is 1. The van der Waals surface area contributed by atoms with Gasteiger partial charge < -0.3 is 42.6 Å². The molecule has 0 radical (unpaired) electrons. The zero-order valence-electron chi connectivity index (χ0n) is 25.0. The summed E-state index contributed by atoms with van der Waals surface area (Å²) in [5, 5.41) is 21.1. The Hall–Kier alpha value is -1.78. The van der Waals surface area contributed by atoms with E-state index in [-0.39, 0.29) is 25.0 Å². The lowest BCUT2D eigenvalue weighted by Crippen LogP contribution is -2.35. The number of halogens is 1. The Labute approximate surface area is 256 Å². The maximum Gasteiger partial charge on any atom is 0.361 e. The van der Waals surface area contributed by atoms with Gasteiger partial charge >= 0.3 is 7.60 Å². The summed E-state index contributed by atoms with van der Waals surface area (Å²) in [7, 11) is -3.73. The third-order valence-corrected chi connectivity index (χ3v) is 11.5. The molecule has 1 saturated carbocycles. The average molecular weight is 639 g/mol. The fourth-order valence-corrected chi connectivity index (χ4v) is 9.01. The van der Waals surface area contributed by atoms with E-state index in [9.17, 15) is 14.9 Å². The lowest BCUT2D eigenvalue weighted by molar-refractivity contribution is -0.202. The first-order valence-electron chi connectivity index (χ1n) is 15.1. The topological polar surface area (TPSA) is 138 Å². The van der Waals surface area contributed by atoms with Crippen molar-refractivity contribution >= 4 is 35.9 Å². The SMILES string of the molecule is CCOP(=O)(OCC)C(CO)OC[C@H]1O[C@@H](n2ccc3c(N4CC5CCCC5C4)c(C#N)c(Cl)nc32)[C@@H]2OC(C)(C)O[C@@H]21. The van der Waals surface area contributed by atoms with Crippen LogP contribution in [0, 0.1) is 23.2 Å². The Bertz CT molecular complexity index is 1410. The minimum atomic E-state index is -3.73. The third-order valence-electron chi connectivity index (χ3n) is 8.92. The number of aromatic nitrogens is 2. The average Bonchev–Trinajstić information content (AvgIpc) is 3.76. The summed E-state index contributed by atoms with van der Waals surface area (Å²) in [6, 6.07) is 4.25. The van der Waals surface area contributed by atoms with E-state index < -0.39 is 50.4 Å². The van der Waals surface area contributed by atoms with Gasteiger partial charge in [-0.3, -0.25) is 4.57 Å². The molecule has 0 bridgehead atoms.